The van der Waals surface area contributed by atoms with Crippen molar-refractivity contribution in [1.82, 2.24) is 10.0 Å². The van der Waals surface area contributed by atoms with E-state index in [4.69, 9.17) is 23.2 Å². The van der Waals surface area contributed by atoms with Gasteiger partial charge in [0.05, 0.1) is 14.9 Å². The highest BCUT2D eigenvalue weighted by molar-refractivity contribution is 7.89. The molecule has 6 nitrogen and oxygen atoms in total. The van der Waals surface area contributed by atoms with E-state index in [9.17, 15) is 18.0 Å². The second kappa shape index (κ2) is 5.69. The summed E-state index contributed by atoms with van der Waals surface area (Å²) in [6.07, 6.45) is 0.200. The van der Waals surface area contributed by atoms with Crippen LogP contribution < -0.4 is 10.0 Å². The SMILES string of the molecule is O=C1CCC(NS(=O)(=O)c2ccc(Cl)c(Cl)c2)C(=O)N1. The lowest BCUT2D eigenvalue weighted by Gasteiger charge is -2.21. The van der Waals surface area contributed by atoms with Crippen LogP contribution in [-0.2, 0) is 19.6 Å². The molecule has 2 amide bonds. The van der Waals surface area contributed by atoms with E-state index in [1.54, 1.807) is 0 Å². The number of halogens is 2. The smallest absolute Gasteiger partial charge is 0.244 e. The van der Waals surface area contributed by atoms with Crippen molar-refractivity contribution in [3.8, 4) is 0 Å². The van der Waals surface area contributed by atoms with E-state index < -0.39 is 27.9 Å². The molecule has 20 heavy (non-hydrogen) atoms. The third kappa shape index (κ3) is 3.29. The van der Waals surface area contributed by atoms with E-state index in [2.05, 4.69) is 10.0 Å². The number of carbonyl (C=O) groups excluding carboxylic acids is 2. The van der Waals surface area contributed by atoms with Gasteiger partial charge in [0.2, 0.25) is 21.8 Å². The third-order valence-corrected chi connectivity index (χ3v) is 4.95. The van der Waals surface area contributed by atoms with Gasteiger partial charge in [0, 0.05) is 6.42 Å². The minimum Gasteiger partial charge on any atom is -0.295 e. The number of imide groups is 1. The highest BCUT2D eigenvalue weighted by Crippen LogP contribution is 2.25. The molecule has 0 aliphatic carbocycles. The molecule has 0 aromatic heterocycles. The average molecular weight is 337 g/mol. The molecule has 1 aliphatic rings. The Labute approximate surface area is 125 Å². The fourth-order valence-corrected chi connectivity index (χ4v) is 3.32. The molecule has 0 spiro atoms. The molecular formula is C11H10Cl2N2O4S. The van der Waals surface area contributed by atoms with Crippen molar-refractivity contribution in [2.75, 3.05) is 0 Å². The summed E-state index contributed by atoms with van der Waals surface area (Å²) in [5.41, 5.74) is 0. The Balaban J connectivity index is 2.21. The summed E-state index contributed by atoms with van der Waals surface area (Å²) >= 11 is 11.5. The topological polar surface area (TPSA) is 92.3 Å². The van der Waals surface area contributed by atoms with E-state index in [1.807, 2.05) is 0 Å². The Morgan fingerprint density at radius 1 is 1.20 bits per heavy atom. The molecule has 0 radical (unpaired) electrons. The van der Waals surface area contributed by atoms with Crippen molar-refractivity contribution >= 4 is 45.0 Å². The van der Waals surface area contributed by atoms with Crippen molar-refractivity contribution < 1.29 is 18.0 Å². The van der Waals surface area contributed by atoms with Gasteiger partial charge in [-0.25, -0.2) is 8.42 Å². The van der Waals surface area contributed by atoms with Crippen LogP contribution in [0.3, 0.4) is 0 Å². The predicted molar refractivity (Wildman–Crippen MR) is 73.0 cm³/mol. The van der Waals surface area contributed by atoms with Gasteiger partial charge in [-0.2, -0.15) is 4.72 Å². The molecular weight excluding hydrogens is 327 g/mol. The van der Waals surface area contributed by atoms with Gasteiger partial charge in [-0.05, 0) is 24.6 Å². The molecule has 108 valence electrons. The van der Waals surface area contributed by atoms with Gasteiger partial charge in [-0.15, -0.1) is 0 Å². The molecule has 0 bridgehead atoms. The fourth-order valence-electron chi connectivity index (χ4n) is 1.71. The number of amides is 2. The van der Waals surface area contributed by atoms with E-state index >= 15 is 0 Å². The van der Waals surface area contributed by atoms with Crippen LogP contribution >= 0.6 is 23.2 Å². The summed E-state index contributed by atoms with van der Waals surface area (Å²) in [4.78, 5) is 22.4. The van der Waals surface area contributed by atoms with Gasteiger partial charge in [0.25, 0.3) is 0 Å². The molecule has 1 aliphatic heterocycles. The summed E-state index contributed by atoms with van der Waals surface area (Å²) < 4.78 is 26.5. The maximum atomic E-state index is 12.1. The van der Waals surface area contributed by atoms with Crippen LogP contribution in [0, 0.1) is 0 Å². The summed E-state index contributed by atoms with van der Waals surface area (Å²) in [7, 11) is -3.91. The first-order chi connectivity index (χ1) is 9.29. The van der Waals surface area contributed by atoms with Crippen LogP contribution in [-0.4, -0.2) is 26.3 Å². The highest BCUT2D eigenvalue weighted by Gasteiger charge is 2.30. The molecule has 9 heteroatoms. The van der Waals surface area contributed by atoms with Gasteiger partial charge in [0.15, 0.2) is 0 Å². The Morgan fingerprint density at radius 2 is 1.90 bits per heavy atom. The summed E-state index contributed by atoms with van der Waals surface area (Å²) in [5.74, 6) is -1.08. The number of carbonyl (C=O) groups is 2. The van der Waals surface area contributed by atoms with E-state index in [0.717, 1.165) is 0 Å². The van der Waals surface area contributed by atoms with E-state index in [-0.39, 0.29) is 27.8 Å². The normalized spacial score (nSPS) is 19.8. The van der Waals surface area contributed by atoms with E-state index in [1.165, 1.54) is 18.2 Å². The fraction of sp³-hybridized carbons (Fsp3) is 0.273. The highest BCUT2D eigenvalue weighted by atomic mass is 35.5. The summed E-state index contributed by atoms with van der Waals surface area (Å²) in [5, 5.41) is 2.40. The van der Waals surface area contributed by atoms with Gasteiger partial charge in [0.1, 0.15) is 6.04 Å². The quantitative estimate of drug-likeness (QED) is 0.807. The van der Waals surface area contributed by atoms with Crippen LogP contribution in [0.25, 0.3) is 0 Å². The number of sulfonamides is 1. The zero-order valence-corrected chi connectivity index (χ0v) is 12.3. The Kier molecular flexibility index (Phi) is 4.33. The molecule has 1 aromatic rings. The van der Waals surface area contributed by atoms with Crippen LogP contribution in [0.4, 0.5) is 0 Å². The molecule has 0 saturated carbocycles. The minimum atomic E-state index is -3.91. The first-order valence-electron chi connectivity index (χ1n) is 5.60. The third-order valence-electron chi connectivity index (χ3n) is 2.74. The lowest BCUT2D eigenvalue weighted by atomic mass is 10.1. The molecule has 2 rings (SSSR count). The maximum Gasteiger partial charge on any atom is 0.244 e. The molecule has 1 aromatic carbocycles. The Bertz CT molecular complexity index is 675. The zero-order valence-electron chi connectivity index (χ0n) is 10.0. The number of hydrogen-bond acceptors (Lipinski definition) is 4. The van der Waals surface area contributed by atoms with Crippen molar-refractivity contribution in [2.24, 2.45) is 0 Å². The lowest BCUT2D eigenvalue weighted by Crippen LogP contribution is -2.52. The number of piperidine rings is 1. The maximum absolute atomic E-state index is 12.1. The van der Waals surface area contributed by atoms with Crippen molar-refractivity contribution in [1.29, 1.82) is 0 Å². The largest absolute Gasteiger partial charge is 0.295 e. The Morgan fingerprint density at radius 3 is 2.50 bits per heavy atom. The molecule has 2 N–H and O–H groups in total. The monoisotopic (exact) mass is 336 g/mol. The lowest BCUT2D eigenvalue weighted by molar-refractivity contribution is -0.134. The van der Waals surface area contributed by atoms with Gasteiger partial charge < -0.3 is 0 Å². The second-order valence-electron chi connectivity index (χ2n) is 4.20. The number of nitrogens with one attached hydrogen (secondary N) is 2. The van der Waals surface area contributed by atoms with Gasteiger partial charge >= 0.3 is 0 Å². The Hall–Kier alpha value is -1.15. The standard InChI is InChI=1S/C11H10Cl2N2O4S/c12-7-2-1-6(5-8(7)13)20(18,19)15-9-3-4-10(16)14-11(9)17/h1-2,5,9,15H,3-4H2,(H,14,16,17). The molecule has 1 heterocycles. The number of hydrogen-bond donors (Lipinski definition) is 2. The van der Waals surface area contributed by atoms with Crippen LogP contribution in [0.5, 0.6) is 0 Å². The second-order valence-corrected chi connectivity index (χ2v) is 6.73. The molecule has 1 unspecified atom stereocenters. The minimum absolute atomic E-state index is 0.0836. The van der Waals surface area contributed by atoms with Crippen molar-refractivity contribution in [3.63, 3.8) is 0 Å². The van der Waals surface area contributed by atoms with Gasteiger partial charge in [-0.1, -0.05) is 23.2 Å². The average Bonchev–Trinajstić information content (AvgIpc) is 2.36. The molecule has 1 fully saturated rings. The van der Waals surface area contributed by atoms with Crippen LogP contribution in [0.1, 0.15) is 12.8 Å². The first kappa shape index (κ1) is 15.2. The van der Waals surface area contributed by atoms with E-state index in [0.29, 0.717) is 0 Å². The number of benzene rings is 1. The number of rotatable bonds is 3. The van der Waals surface area contributed by atoms with Gasteiger partial charge in [-0.3, -0.25) is 14.9 Å². The van der Waals surface area contributed by atoms with Crippen LogP contribution in [0.2, 0.25) is 10.0 Å². The molecule has 1 saturated heterocycles. The molecule has 1 atom stereocenters. The zero-order chi connectivity index (χ0) is 14.9. The van der Waals surface area contributed by atoms with Crippen LogP contribution in [0.15, 0.2) is 23.1 Å². The summed E-state index contributed by atoms with van der Waals surface area (Å²) in [6.45, 7) is 0. The van der Waals surface area contributed by atoms with Crippen molar-refractivity contribution in [3.05, 3.63) is 28.2 Å². The summed E-state index contributed by atoms with van der Waals surface area (Å²) in [6, 6.07) is 2.84. The first-order valence-corrected chi connectivity index (χ1v) is 7.84. The van der Waals surface area contributed by atoms with Crippen molar-refractivity contribution in [2.45, 2.75) is 23.8 Å². The predicted octanol–water partition coefficient (Wildman–Crippen LogP) is 1.08.